The van der Waals surface area contributed by atoms with Gasteiger partial charge in [0.05, 0.1) is 36.3 Å². The summed E-state index contributed by atoms with van der Waals surface area (Å²) in [5, 5.41) is 12.3. The zero-order valence-corrected chi connectivity index (χ0v) is 18.6. The van der Waals surface area contributed by atoms with Crippen LogP contribution >= 0.6 is 22.6 Å². The SMILES string of the molecule is Cc1cc(I)ccc1Nc1c(C(=O)NOCC2CC2)cc2c(ncn2CCO)c1F. The van der Waals surface area contributed by atoms with Crippen LogP contribution in [0.15, 0.2) is 30.6 Å². The number of aromatic nitrogens is 2. The van der Waals surface area contributed by atoms with E-state index in [1.165, 1.54) is 6.33 Å². The highest BCUT2D eigenvalue weighted by atomic mass is 127. The molecule has 30 heavy (non-hydrogen) atoms. The maximum Gasteiger partial charge on any atom is 0.277 e. The number of amides is 1. The maximum absolute atomic E-state index is 15.5. The molecule has 2 aromatic carbocycles. The summed E-state index contributed by atoms with van der Waals surface area (Å²) in [5.74, 6) is -0.698. The number of aryl methyl sites for hydroxylation is 1. The van der Waals surface area contributed by atoms with Gasteiger partial charge in [-0.3, -0.25) is 9.63 Å². The van der Waals surface area contributed by atoms with Crippen molar-refractivity contribution >= 4 is 50.9 Å². The summed E-state index contributed by atoms with van der Waals surface area (Å²) in [7, 11) is 0. The number of carbonyl (C=O) groups is 1. The molecule has 9 heteroatoms. The number of benzene rings is 2. The standard InChI is InChI=1S/C21H22FIN4O3/c1-12-8-14(23)4-5-16(12)25-19-15(21(29)26-30-10-13-2-3-13)9-17-20(18(19)22)24-11-27(17)6-7-28/h4-5,8-9,11,13,25,28H,2-3,6-7,10H2,1H3,(H,26,29). The van der Waals surface area contributed by atoms with Gasteiger partial charge in [-0.2, -0.15) is 0 Å². The Balaban J connectivity index is 1.74. The predicted molar refractivity (Wildman–Crippen MR) is 120 cm³/mol. The number of rotatable bonds is 8. The first-order valence-corrected chi connectivity index (χ1v) is 10.8. The van der Waals surface area contributed by atoms with Crippen molar-refractivity contribution in [1.82, 2.24) is 15.0 Å². The number of aliphatic hydroxyl groups excluding tert-OH is 1. The largest absolute Gasteiger partial charge is 0.395 e. The van der Waals surface area contributed by atoms with Gasteiger partial charge in [-0.15, -0.1) is 0 Å². The Labute approximate surface area is 186 Å². The van der Waals surface area contributed by atoms with Crippen LogP contribution in [0.2, 0.25) is 0 Å². The highest BCUT2D eigenvalue weighted by Gasteiger charge is 2.24. The van der Waals surface area contributed by atoms with Gasteiger partial charge in [0.25, 0.3) is 5.91 Å². The Morgan fingerprint density at radius 3 is 2.90 bits per heavy atom. The number of aliphatic hydroxyl groups is 1. The Kier molecular flexibility index (Phi) is 6.21. The number of carbonyl (C=O) groups excluding carboxylic acids is 1. The number of hydroxylamine groups is 1. The third-order valence-electron chi connectivity index (χ3n) is 5.07. The predicted octanol–water partition coefficient (Wildman–Crippen LogP) is 3.90. The fourth-order valence-corrected chi connectivity index (χ4v) is 3.86. The lowest BCUT2D eigenvalue weighted by atomic mass is 10.1. The molecule has 1 amide bonds. The molecule has 1 aliphatic rings. The van der Waals surface area contributed by atoms with Gasteiger partial charge in [0.2, 0.25) is 0 Å². The molecule has 0 unspecified atom stereocenters. The second-order valence-electron chi connectivity index (χ2n) is 7.41. The summed E-state index contributed by atoms with van der Waals surface area (Å²) in [4.78, 5) is 22.3. The monoisotopic (exact) mass is 524 g/mol. The Morgan fingerprint density at radius 1 is 1.40 bits per heavy atom. The van der Waals surface area contributed by atoms with Gasteiger partial charge in [-0.05, 0) is 78.1 Å². The Hall–Kier alpha value is -2.24. The summed E-state index contributed by atoms with van der Waals surface area (Å²) in [6, 6.07) is 7.28. The van der Waals surface area contributed by atoms with Crippen molar-refractivity contribution in [3.63, 3.8) is 0 Å². The van der Waals surface area contributed by atoms with Gasteiger partial charge in [0, 0.05) is 15.8 Å². The van der Waals surface area contributed by atoms with Crippen LogP contribution in [0.5, 0.6) is 0 Å². The molecule has 3 aromatic rings. The number of hydrogen-bond acceptors (Lipinski definition) is 5. The quantitative estimate of drug-likeness (QED) is 0.308. The van der Waals surface area contributed by atoms with Gasteiger partial charge >= 0.3 is 0 Å². The Bertz CT molecular complexity index is 1100. The molecular formula is C21H22FIN4O3. The highest BCUT2D eigenvalue weighted by molar-refractivity contribution is 14.1. The van der Waals surface area contributed by atoms with E-state index in [0.717, 1.165) is 22.0 Å². The smallest absolute Gasteiger partial charge is 0.277 e. The number of imidazole rings is 1. The first-order valence-electron chi connectivity index (χ1n) is 9.71. The zero-order valence-electron chi connectivity index (χ0n) is 16.4. The van der Waals surface area contributed by atoms with E-state index in [-0.39, 0.29) is 29.9 Å². The summed E-state index contributed by atoms with van der Waals surface area (Å²) in [5.41, 5.74) is 4.74. The molecule has 7 nitrogen and oxygen atoms in total. The van der Waals surface area contributed by atoms with E-state index in [0.29, 0.717) is 23.7 Å². The van der Waals surface area contributed by atoms with Gasteiger partial charge in [0.1, 0.15) is 5.52 Å². The first kappa shape index (κ1) is 21.0. The molecule has 1 aliphatic carbocycles. The molecule has 1 heterocycles. The number of fused-ring (bicyclic) bond motifs is 1. The molecule has 0 aliphatic heterocycles. The van der Waals surface area contributed by atoms with E-state index in [2.05, 4.69) is 38.4 Å². The van der Waals surface area contributed by atoms with E-state index in [4.69, 9.17) is 4.84 Å². The van der Waals surface area contributed by atoms with Crippen molar-refractivity contribution in [1.29, 1.82) is 0 Å². The van der Waals surface area contributed by atoms with Crippen LogP contribution in [0.1, 0.15) is 28.8 Å². The number of nitrogens with zero attached hydrogens (tertiary/aromatic N) is 2. The second kappa shape index (κ2) is 8.86. The minimum Gasteiger partial charge on any atom is -0.395 e. The molecule has 0 spiro atoms. The average Bonchev–Trinajstić information content (AvgIpc) is 3.45. The van der Waals surface area contributed by atoms with Crippen LogP contribution in [0.3, 0.4) is 0 Å². The minimum absolute atomic E-state index is 0.0357. The fraction of sp³-hybridized carbons (Fsp3) is 0.333. The third kappa shape index (κ3) is 4.42. The van der Waals surface area contributed by atoms with Crippen LogP contribution < -0.4 is 10.8 Å². The van der Waals surface area contributed by atoms with Crippen LogP contribution in [-0.4, -0.2) is 33.8 Å². The third-order valence-corrected chi connectivity index (χ3v) is 5.74. The van der Waals surface area contributed by atoms with E-state index in [1.807, 2.05) is 25.1 Å². The molecular weight excluding hydrogens is 502 g/mol. The van der Waals surface area contributed by atoms with E-state index in [9.17, 15) is 9.90 Å². The van der Waals surface area contributed by atoms with Gasteiger partial charge in [-0.1, -0.05) is 0 Å². The lowest BCUT2D eigenvalue weighted by molar-refractivity contribution is 0.0271. The van der Waals surface area contributed by atoms with Crippen molar-refractivity contribution in [2.24, 2.45) is 5.92 Å². The molecule has 0 radical (unpaired) electrons. The van der Waals surface area contributed by atoms with Crippen LogP contribution in [0.4, 0.5) is 15.8 Å². The Morgan fingerprint density at radius 2 is 2.20 bits per heavy atom. The molecule has 1 fully saturated rings. The van der Waals surface area contributed by atoms with Crippen molar-refractivity contribution < 1.29 is 19.1 Å². The molecule has 1 saturated carbocycles. The van der Waals surface area contributed by atoms with E-state index < -0.39 is 11.7 Å². The van der Waals surface area contributed by atoms with E-state index in [1.54, 1.807) is 10.6 Å². The normalized spacial score (nSPS) is 13.6. The molecule has 0 bridgehead atoms. The molecule has 4 rings (SSSR count). The number of nitrogens with one attached hydrogen (secondary N) is 2. The summed E-state index contributed by atoms with van der Waals surface area (Å²) < 4.78 is 18.1. The van der Waals surface area contributed by atoms with Crippen LogP contribution in [0.25, 0.3) is 11.0 Å². The summed E-state index contributed by atoms with van der Waals surface area (Å²) in [6.07, 6.45) is 3.64. The molecule has 158 valence electrons. The number of halogens is 2. The van der Waals surface area contributed by atoms with Crippen LogP contribution in [-0.2, 0) is 11.4 Å². The van der Waals surface area contributed by atoms with Gasteiger partial charge in [0.15, 0.2) is 5.82 Å². The zero-order chi connectivity index (χ0) is 21.3. The van der Waals surface area contributed by atoms with Crippen molar-refractivity contribution in [2.75, 3.05) is 18.5 Å². The number of hydrogen-bond donors (Lipinski definition) is 3. The van der Waals surface area contributed by atoms with Gasteiger partial charge in [-0.25, -0.2) is 14.9 Å². The first-order chi connectivity index (χ1) is 14.5. The van der Waals surface area contributed by atoms with Crippen LogP contribution in [0, 0.1) is 22.2 Å². The van der Waals surface area contributed by atoms with Crippen molar-refractivity contribution in [3.05, 3.63) is 51.1 Å². The molecule has 1 aromatic heterocycles. The van der Waals surface area contributed by atoms with Crippen molar-refractivity contribution in [2.45, 2.75) is 26.3 Å². The fourth-order valence-electron chi connectivity index (χ4n) is 3.21. The van der Waals surface area contributed by atoms with E-state index >= 15 is 4.39 Å². The molecule has 3 N–H and O–H groups in total. The number of anilines is 2. The summed E-state index contributed by atoms with van der Waals surface area (Å²) in [6.45, 7) is 2.48. The summed E-state index contributed by atoms with van der Waals surface area (Å²) >= 11 is 2.21. The lowest BCUT2D eigenvalue weighted by Gasteiger charge is -2.16. The minimum atomic E-state index is -0.630. The van der Waals surface area contributed by atoms with Crippen molar-refractivity contribution in [3.8, 4) is 0 Å². The lowest BCUT2D eigenvalue weighted by Crippen LogP contribution is -2.26. The maximum atomic E-state index is 15.5. The highest BCUT2D eigenvalue weighted by Crippen LogP contribution is 2.32. The average molecular weight is 524 g/mol. The second-order valence-corrected chi connectivity index (χ2v) is 8.66. The van der Waals surface area contributed by atoms with Gasteiger partial charge < -0.3 is 15.0 Å². The molecule has 0 saturated heterocycles. The molecule has 0 atom stereocenters. The topological polar surface area (TPSA) is 88.4 Å².